The van der Waals surface area contributed by atoms with Crippen LogP contribution in [0.3, 0.4) is 0 Å². The van der Waals surface area contributed by atoms with Crippen LogP contribution >= 0.6 is 0 Å². The molecule has 1 aliphatic rings. The first-order valence-corrected chi connectivity index (χ1v) is 11.5. The number of phenolic OH excluding ortho intramolecular Hbond substituents is 1. The van der Waals surface area contributed by atoms with E-state index in [0.717, 1.165) is 41.1 Å². The van der Waals surface area contributed by atoms with Gasteiger partial charge in [-0.1, -0.05) is 24.1 Å². The Labute approximate surface area is 204 Å². The number of amides is 1. The van der Waals surface area contributed by atoms with Crippen LogP contribution in [0.15, 0.2) is 67.0 Å². The number of rotatable bonds is 4. The van der Waals surface area contributed by atoms with E-state index < -0.39 is 0 Å². The van der Waals surface area contributed by atoms with Gasteiger partial charge >= 0.3 is 0 Å². The smallest absolute Gasteiger partial charge is 0.255 e. The molecule has 2 N–H and O–H groups in total. The molecule has 35 heavy (non-hydrogen) atoms. The topological polar surface area (TPSA) is 79.1 Å². The number of nitrogens with zero attached hydrogens (tertiary/aromatic N) is 3. The van der Waals surface area contributed by atoms with E-state index in [9.17, 15) is 9.90 Å². The Bertz CT molecular complexity index is 1440. The van der Waals surface area contributed by atoms with Crippen molar-refractivity contribution in [2.75, 3.05) is 31.6 Å². The van der Waals surface area contributed by atoms with E-state index in [1.807, 2.05) is 53.9 Å². The number of morpholine rings is 1. The minimum atomic E-state index is -0.261. The van der Waals surface area contributed by atoms with Crippen molar-refractivity contribution in [2.24, 2.45) is 0 Å². The van der Waals surface area contributed by atoms with Crippen LogP contribution in [0.5, 0.6) is 5.75 Å². The summed E-state index contributed by atoms with van der Waals surface area (Å²) in [5, 5.41) is 13.4. The van der Waals surface area contributed by atoms with Crippen LogP contribution in [-0.2, 0) is 11.3 Å². The van der Waals surface area contributed by atoms with Crippen LogP contribution in [0.4, 0.5) is 5.69 Å². The summed E-state index contributed by atoms with van der Waals surface area (Å²) in [7, 11) is 0. The summed E-state index contributed by atoms with van der Waals surface area (Å²) >= 11 is 0. The third-order valence-corrected chi connectivity index (χ3v) is 6.08. The van der Waals surface area contributed by atoms with Gasteiger partial charge in [0.1, 0.15) is 17.1 Å². The average molecular weight is 467 g/mol. The molecule has 7 heteroatoms. The van der Waals surface area contributed by atoms with E-state index in [-0.39, 0.29) is 11.7 Å². The van der Waals surface area contributed by atoms with Crippen LogP contribution in [0.2, 0.25) is 0 Å². The van der Waals surface area contributed by atoms with Crippen LogP contribution in [0, 0.1) is 18.8 Å². The molecule has 5 rings (SSSR count). The quantitative estimate of drug-likeness (QED) is 0.447. The number of phenols is 1. The summed E-state index contributed by atoms with van der Waals surface area (Å²) in [6.07, 6.45) is 3.66. The Hall–Kier alpha value is -4.12. The Balaban J connectivity index is 1.31. The molecule has 0 radical (unpaired) electrons. The van der Waals surface area contributed by atoms with Gasteiger partial charge in [-0.2, -0.15) is 0 Å². The number of pyridine rings is 1. The highest BCUT2D eigenvalue weighted by Gasteiger charge is 2.14. The molecule has 0 atom stereocenters. The van der Waals surface area contributed by atoms with Crippen molar-refractivity contribution in [1.82, 2.24) is 14.3 Å². The van der Waals surface area contributed by atoms with E-state index in [2.05, 4.69) is 27.0 Å². The zero-order valence-electron chi connectivity index (χ0n) is 19.5. The van der Waals surface area contributed by atoms with Gasteiger partial charge in [0, 0.05) is 54.3 Å². The maximum absolute atomic E-state index is 12.9. The van der Waals surface area contributed by atoms with Gasteiger partial charge in [-0.25, -0.2) is 4.98 Å². The van der Waals surface area contributed by atoms with Crippen molar-refractivity contribution >= 4 is 17.2 Å². The number of ether oxygens (including phenoxy) is 1. The average Bonchev–Trinajstić information content (AvgIpc) is 3.29. The van der Waals surface area contributed by atoms with Crippen molar-refractivity contribution in [3.8, 4) is 17.6 Å². The van der Waals surface area contributed by atoms with Crippen molar-refractivity contribution in [3.05, 3.63) is 94.9 Å². The number of aromatic hydroxyl groups is 1. The fraction of sp³-hybridized carbons (Fsp3) is 0.214. The first kappa shape index (κ1) is 22.7. The van der Waals surface area contributed by atoms with Gasteiger partial charge in [-0.15, -0.1) is 0 Å². The second kappa shape index (κ2) is 10.0. The molecule has 176 valence electrons. The van der Waals surface area contributed by atoms with Gasteiger partial charge in [0.2, 0.25) is 0 Å². The van der Waals surface area contributed by atoms with E-state index >= 15 is 0 Å². The molecule has 0 aliphatic carbocycles. The normalized spacial score (nSPS) is 13.9. The van der Waals surface area contributed by atoms with E-state index in [1.165, 1.54) is 0 Å². The Morgan fingerprint density at radius 2 is 1.97 bits per heavy atom. The lowest BCUT2D eigenvalue weighted by Gasteiger charge is -2.26. The summed E-state index contributed by atoms with van der Waals surface area (Å²) in [4.78, 5) is 19.5. The molecule has 2 aromatic heterocycles. The summed E-state index contributed by atoms with van der Waals surface area (Å²) in [5.74, 6) is 6.24. The highest BCUT2D eigenvalue weighted by molar-refractivity contribution is 6.04. The van der Waals surface area contributed by atoms with E-state index in [4.69, 9.17) is 4.74 Å². The SMILES string of the molecule is Cc1ccc(C(=O)Nc2ccc(CN3CCOCC3)c(O)c2)cc1C#Cc1cnc2ccccn12. The number of hydrogen-bond donors (Lipinski definition) is 2. The molecule has 0 saturated carbocycles. The first-order chi connectivity index (χ1) is 17.1. The predicted molar refractivity (Wildman–Crippen MR) is 135 cm³/mol. The Kier molecular flexibility index (Phi) is 6.49. The number of carbonyl (C=O) groups is 1. The summed E-state index contributed by atoms with van der Waals surface area (Å²) in [5.41, 5.74) is 5.22. The van der Waals surface area contributed by atoms with Crippen LogP contribution < -0.4 is 5.32 Å². The molecule has 0 unspecified atom stereocenters. The molecule has 0 spiro atoms. The van der Waals surface area contributed by atoms with Crippen LogP contribution in [0.1, 0.15) is 32.7 Å². The molecular formula is C28H26N4O3. The van der Waals surface area contributed by atoms with Gasteiger partial charge < -0.3 is 15.2 Å². The third-order valence-electron chi connectivity index (χ3n) is 6.08. The summed E-state index contributed by atoms with van der Waals surface area (Å²) in [6, 6.07) is 16.5. The lowest BCUT2D eigenvalue weighted by molar-refractivity contribution is 0.0339. The maximum atomic E-state index is 12.9. The van der Waals surface area contributed by atoms with Gasteiger partial charge in [0.05, 0.1) is 19.4 Å². The number of carbonyl (C=O) groups excluding carboxylic acids is 1. The number of hydrogen-bond acceptors (Lipinski definition) is 5. The molecule has 1 saturated heterocycles. The molecule has 7 nitrogen and oxygen atoms in total. The number of anilines is 1. The second-order valence-corrected chi connectivity index (χ2v) is 8.54. The van der Waals surface area contributed by atoms with E-state index in [1.54, 1.807) is 24.4 Å². The largest absolute Gasteiger partial charge is 0.508 e. The number of fused-ring (bicyclic) bond motifs is 1. The Morgan fingerprint density at radius 1 is 1.11 bits per heavy atom. The zero-order valence-corrected chi connectivity index (χ0v) is 19.5. The van der Waals surface area contributed by atoms with Crippen molar-refractivity contribution < 1.29 is 14.6 Å². The third kappa shape index (κ3) is 5.19. The molecule has 3 heterocycles. The maximum Gasteiger partial charge on any atom is 0.255 e. The highest BCUT2D eigenvalue weighted by atomic mass is 16.5. The molecule has 2 aromatic carbocycles. The number of nitrogens with one attached hydrogen (secondary N) is 1. The zero-order chi connectivity index (χ0) is 24.2. The number of aromatic nitrogens is 2. The second-order valence-electron chi connectivity index (χ2n) is 8.54. The number of aryl methyl sites for hydroxylation is 1. The molecule has 1 amide bonds. The molecule has 4 aromatic rings. The standard InChI is InChI=1S/C28H26N4O3/c1-20-5-6-22(16-21(20)8-10-25-18-29-27-4-2-3-11-32(25)27)28(34)30-24-9-7-23(26(33)17-24)19-31-12-14-35-15-13-31/h2-7,9,11,16-18,33H,12-15,19H2,1H3,(H,30,34). The van der Waals surface area contributed by atoms with Crippen molar-refractivity contribution in [3.63, 3.8) is 0 Å². The first-order valence-electron chi connectivity index (χ1n) is 11.5. The molecule has 1 aliphatic heterocycles. The predicted octanol–water partition coefficient (Wildman–Crippen LogP) is 3.83. The lowest BCUT2D eigenvalue weighted by Crippen LogP contribution is -2.35. The lowest BCUT2D eigenvalue weighted by atomic mass is 10.0. The van der Waals surface area contributed by atoms with Crippen LogP contribution in [0.25, 0.3) is 5.65 Å². The van der Waals surface area contributed by atoms with Gasteiger partial charge in [-0.3, -0.25) is 14.1 Å². The minimum Gasteiger partial charge on any atom is -0.508 e. The summed E-state index contributed by atoms with van der Waals surface area (Å²) < 4.78 is 7.30. The summed E-state index contributed by atoms with van der Waals surface area (Å²) in [6.45, 7) is 5.71. The molecular weight excluding hydrogens is 440 g/mol. The monoisotopic (exact) mass is 466 g/mol. The highest BCUT2D eigenvalue weighted by Crippen LogP contribution is 2.24. The van der Waals surface area contributed by atoms with Crippen LogP contribution in [-0.4, -0.2) is 51.6 Å². The van der Waals surface area contributed by atoms with Gasteiger partial charge in [-0.05, 0) is 48.7 Å². The molecule has 0 bridgehead atoms. The number of benzene rings is 2. The van der Waals surface area contributed by atoms with Crippen molar-refractivity contribution in [2.45, 2.75) is 13.5 Å². The van der Waals surface area contributed by atoms with Gasteiger partial charge in [0.15, 0.2) is 0 Å². The Morgan fingerprint density at radius 3 is 2.80 bits per heavy atom. The molecule has 1 fully saturated rings. The van der Waals surface area contributed by atoms with Crippen molar-refractivity contribution in [1.29, 1.82) is 0 Å². The minimum absolute atomic E-state index is 0.165. The van der Waals surface area contributed by atoms with E-state index in [0.29, 0.717) is 31.0 Å². The number of imidazole rings is 1. The van der Waals surface area contributed by atoms with Gasteiger partial charge in [0.25, 0.3) is 5.91 Å². The fourth-order valence-electron chi connectivity index (χ4n) is 4.03. The fourth-order valence-corrected chi connectivity index (χ4v) is 4.03.